The number of ether oxygens (including phenoxy) is 2. The van der Waals surface area contributed by atoms with Crippen molar-refractivity contribution in [2.75, 3.05) is 45.2 Å². The van der Waals surface area contributed by atoms with Gasteiger partial charge in [-0.15, -0.1) is 0 Å². The maximum absolute atomic E-state index is 12.7. The van der Waals surface area contributed by atoms with Crippen LogP contribution in [0.3, 0.4) is 0 Å². The van der Waals surface area contributed by atoms with E-state index < -0.39 is 6.09 Å². The standard InChI is InChI=1S/C22H28N4O4/c1-15-10-20(18-11-16(29-2)6-7-19(18)23-15)24-21(27)14-26-13-17(30-22(26)28)12-25-8-4-3-5-9-25/h6-7,10-11,17H,3-5,8-9,12-14H2,1-2H3,(H,23,24,27). The van der Waals surface area contributed by atoms with Gasteiger partial charge in [0.2, 0.25) is 5.91 Å². The Bertz CT molecular complexity index is 942. The number of nitrogens with zero attached hydrogens (tertiary/aromatic N) is 3. The number of pyridine rings is 1. The SMILES string of the molecule is COc1ccc2nc(C)cc(NC(=O)CN3CC(CN4CCCCC4)OC3=O)c2c1. The highest BCUT2D eigenvalue weighted by atomic mass is 16.6. The molecule has 8 nitrogen and oxygen atoms in total. The van der Waals surface area contributed by atoms with Gasteiger partial charge in [0.15, 0.2) is 0 Å². The van der Waals surface area contributed by atoms with Gasteiger partial charge < -0.3 is 14.8 Å². The van der Waals surface area contributed by atoms with Crippen LogP contribution < -0.4 is 10.1 Å². The number of aryl methyl sites for hydroxylation is 1. The summed E-state index contributed by atoms with van der Waals surface area (Å²) < 4.78 is 10.8. The Morgan fingerprint density at radius 1 is 1.27 bits per heavy atom. The van der Waals surface area contributed by atoms with Crippen LogP contribution in [0.25, 0.3) is 10.9 Å². The summed E-state index contributed by atoms with van der Waals surface area (Å²) in [5, 5.41) is 3.72. The maximum atomic E-state index is 12.7. The fourth-order valence-electron chi connectivity index (χ4n) is 4.16. The first-order valence-corrected chi connectivity index (χ1v) is 10.4. The summed E-state index contributed by atoms with van der Waals surface area (Å²) in [6.45, 7) is 5.11. The minimum atomic E-state index is -0.426. The van der Waals surface area contributed by atoms with E-state index in [1.807, 2.05) is 31.2 Å². The number of fused-ring (bicyclic) bond motifs is 1. The van der Waals surface area contributed by atoms with Crippen LogP contribution in [-0.2, 0) is 9.53 Å². The smallest absolute Gasteiger partial charge is 0.410 e. The Morgan fingerprint density at radius 2 is 2.07 bits per heavy atom. The van der Waals surface area contributed by atoms with Crippen LogP contribution in [0.2, 0.25) is 0 Å². The highest BCUT2D eigenvalue weighted by Gasteiger charge is 2.33. The molecule has 2 aliphatic heterocycles. The molecule has 2 saturated heterocycles. The van der Waals surface area contributed by atoms with E-state index in [9.17, 15) is 9.59 Å². The van der Waals surface area contributed by atoms with Gasteiger partial charge in [0.05, 0.1) is 24.9 Å². The molecule has 0 aliphatic carbocycles. The van der Waals surface area contributed by atoms with Crippen molar-refractivity contribution in [1.29, 1.82) is 0 Å². The van der Waals surface area contributed by atoms with Crippen LogP contribution in [-0.4, -0.2) is 72.7 Å². The number of aromatic nitrogens is 1. The number of benzene rings is 1. The van der Waals surface area contributed by atoms with Gasteiger partial charge in [-0.1, -0.05) is 6.42 Å². The average molecular weight is 412 g/mol. The van der Waals surface area contributed by atoms with Gasteiger partial charge in [-0.05, 0) is 57.1 Å². The number of likely N-dealkylation sites (tertiary alicyclic amines) is 1. The zero-order valence-electron chi connectivity index (χ0n) is 17.5. The molecule has 1 unspecified atom stereocenters. The number of hydrogen-bond donors (Lipinski definition) is 1. The summed E-state index contributed by atoms with van der Waals surface area (Å²) in [7, 11) is 1.60. The van der Waals surface area contributed by atoms with Crippen molar-refractivity contribution in [2.24, 2.45) is 0 Å². The van der Waals surface area contributed by atoms with E-state index in [0.29, 0.717) is 18.0 Å². The molecule has 2 amide bonds. The summed E-state index contributed by atoms with van der Waals surface area (Å²) in [4.78, 5) is 33.3. The molecule has 4 rings (SSSR count). The van der Waals surface area contributed by atoms with Crippen molar-refractivity contribution in [3.05, 3.63) is 30.0 Å². The maximum Gasteiger partial charge on any atom is 0.410 e. The molecule has 1 aromatic heterocycles. The molecule has 1 N–H and O–H groups in total. The third-order valence-electron chi connectivity index (χ3n) is 5.61. The molecule has 2 fully saturated rings. The van der Waals surface area contributed by atoms with Crippen molar-refractivity contribution >= 4 is 28.6 Å². The van der Waals surface area contributed by atoms with Crippen LogP contribution >= 0.6 is 0 Å². The first-order chi connectivity index (χ1) is 14.5. The third-order valence-corrected chi connectivity index (χ3v) is 5.61. The number of cyclic esters (lactones) is 1. The van der Waals surface area contributed by atoms with E-state index in [1.54, 1.807) is 7.11 Å². The summed E-state index contributed by atoms with van der Waals surface area (Å²) in [5.74, 6) is 0.424. The number of carbonyl (C=O) groups excluding carboxylic acids is 2. The Balaban J connectivity index is 1.40. The van der Waals surface area contributed by atoms with E-state index in [4.69, 9.17) is 9.47 Å². The van der Waals surface area contributed by atoms with E-state index in [-0.39, 0.29) is 18.6 Å². The Labute approximate surface area is 176 Å². The number of anilines is 1. The molecular weight excluding hydrogens is 384 g/mol. The zero-order valence-corrected chi connectivity index (χ0v) is 17.5. The van der Waals surface area contributed by atoms with E-state index in [0.717, 1.165) is 36.2 Å². The molecule has 8 heteroatoms. The lowest BCUT2D eigenvalue weighted by molar-refractivity contribution is -0.116. The average Bonchev–Trinajstić information content (AvgIpc) is 3.06. The number of amides is 2. The molecule has 160 valence electrons. The molecule has 0 radical (unpaired) electrons. The number of carbonyl (C=O) groups is 2. The summed E-state index contributed by atoms with van der Waals surface area (Å²) in [5.41, 5.74) is 2.22. The van der Waals surface area contributed by atoms with Crippen molar-refractivity contribution in [3.8, 4) is 5.75 Å². The number of piperidine rings is 1. The first-order valence-electron chi connectivity index (χ1n) is 10.4. The molecule has 3 heterocycles. The predicted octanol–water partition coefficient (Wildman–Crippen LogP) is 2.80. The lowest BCUT2D eigenvalue weighted by Crippen LogP contribution is -2.39. The topological polar surface area (TPSA) is 84.0 Å². The van der Waals surface area contributed by atoms with Gasteiger partial charge in [-0.2, -0.15) is 0 Å². The Kier molecular flexibility index (Phi) is 6.03. The van der Waals surface area contributed by atoms with Crippen molar-refractivity contribution < 1.29 is 19.1 Å². The normalized spacial score (nSPS) is 19.7. The minimum absolute atomic E-state index is 0.0395. The molecule has 2 aliphatic rings. The van der Waals surface area contributed by atoms with E-state index in [1.165, 1.54) is 24.2 Å². The molecule has 0 spiro atoms. The number of nitrogens with one attached hydrogen (secondary N) is 1. The Morgan fingerprint density at radius 3 is 2.83 bits per heavy atom. The summed E-state index contributed by atoms with van der Waals surface area (Å²) in [6, 6.07) is 7.36. The fraction of sp³-hybridized carbons (Fsp3) is 0.500. The van der Waals surface area contributed by atoms with Gasteiger partial charge in [0, 0.05) is 17.6 Å². The Hall–Kier alpha value is -2.87. The number of methoxy groups -OCH3 is 1. The zero-order chi connectivity index (χ0) is 21.1. The quantitative estimate of drug-likeness (QED) is 0.786. The van der Waals surface area contributed by atoms with Gasteiger partial charge in [0.1, 0.15) is 18.4 Å². The monoisotopic (exact) mass is 412 g/mol. The van der Waals surface area contributed by atoms with Crippen LogP contribution in [0.15, 0.2) is 24.3 Å². The highest BCUT2D eigenvalue weighted by Crippen LogP contribution is 2.27. The largest absolute Gasteiger partial charge is 0.497 e. The van der Waals surface area contributed by atoms with Crippen LogP contribution in [0.1, 0.15) is 25.0 Å². The van der Waals surface area contributed by atoms with Gasteiger partial charge in [-0.25, -0.2) is 4.79 Å². The third kappa shape index (κ3) is 4.64. The molecule has 2 aromatic rings. The first kappa shape index (κ1) is 20.4. The second-order valence-electron chi connectivity index (χ2n) is 7.99. The second kappa shape index (κ2) is 8.87. The fourth-order valence-corrected chi connectivity index (χ4v) is 4.16. The molecular formula is C22H28N4O4. The molecule has 1 atom stereocenters. The summed E-state index contributed by atoms with van der Waals surface area (Å²) in [6.07, 6.45) is 3.04. The molecule has 30 heavy (non-hydrogen) atoms. The van der Waals surface area contributed by atoms with Crippen LogP contribution in [0.4, 0.5) is 10.5 Å². The lowest BCUT2D eigenvalue weighted by atomic mass is 10.1. The molecule has 0 saturated carbocycles. The van der Waals surface area contributed by atoms with Crippen molar-refractivity contribution in [2.45, 2.75) is 32.3 Å². The van der Waals surface area contributed by atoms with Gasteiger partial charge in [0.25, 0.3) is 0 Å². The second-order valence-corrected chi connectivity index (χ2v) is 7.99. The van der Waals surface area contributed by atoms with E-state index >= 15 is 0 Å². The van der Waals surface area contributed by atoms with Crippen molar-refractivity contribution in [3.63, 3.8) is 0 Å². The van der Waals surface area contributed by atoms with Crippen LogP contribution in [0, 0.1) is 6.92 Å². The van der Waals surface area contributed by atoms with Crippen molar-refractivity contribution in [1.82, 2.24) is 14.8 Å². The lowest BCUT2D eigenvalue weighted by Gasteiger charge is -2.27. The number of hydrogen-bond acceptors (Lipinski definition) is 6. The number of rotatable bonds is 6. The molecule has 1 aromatic carbocycles. The minimum Gasteiger partial charge on any atom is -0.497 e. The summed E-state index contributed by atoms with van der Waals surface area (Å²) >= 11 is 0. The molecule has 0 bridgehead atoms. The van der Waals surface area contributed by atoms with Gasteiger partial charge >= 0.3 is 6.09 Å². The van der Waals surface area contributed by atoms with E-state index in [2.05, 4.69) is 15.2 Å². The van der Waals surface area contributed by atoms with Gasteiger partial charge in [-0.3, -0.25) is 19.6 Å². The predicted molar refractivity (Wildman–Crippen MR) is 114 cm³/mol. The van der Waals surface area contributed by atoms with Crippen LogP contribution in [0.5, 0.6) is 5.75 Å². The highest BCUT2D eigenvalue weighted by molar-refractivity contribution is 6.02.